The van der Waals surface area contributed by atoms with Crippen molar-refractivity contribution in [3.05, 3.63) is 35.9 Å². The van der Waals surface area contributed by atoms with Gasteiger partial charge in [0.2, 0.25) is 5.91 Å². The van der Waals surface area contributed by atoms with Crippen LogP contribution < -0.4 is 0 Å². The van der Waals surface area contributed by atoms with E-state index >= 15 is 0 Å². The van der Waals surface area contributed by atoms with Crippen molar-refractivity contribution in [2.75, 3.05) is 20.1 Å². The second kappa shape index (κ2) is 6.86. The van der Waals surface area contributed by atoms with Crippen LogP contribution in [-0.2, 0) is 11.3 Å². The van der Waals surface area contributed by atoms with E-state index in [1.807, 2.05) is 44.3 Å². The molecule has 4 nitrogen and oxygen atoms in total. The molecule has 0 aromatic heterocycles. The van der Waals surface area contributed by atoms with E-state index in [0.29, 0.717) is 6.54 Å². The van der Waals surface area contributed by atoms with Crippen LogP contribution in [0.25, 0.3) is 0 Å². The van der Waals surface area contributed by atoms with Crippen molar-refractivity contribution in [3.8, 4) is 0 Å². The Bertz CT molecular complexity index is 427. The minimum Gasteiger partial charge on any atom is -0.393 e. The molecule has 1 aliphatic rings. The normalized spacial score (nSPS) is 18.8. The summed E-state index contributed by atoms with van der Waals surface area (Å²) < 4.78 is 0. The van der Waals surface area contributed by atoms with E-state index in [0.717, 1.165) is 31.5 Å². The second-order valence-electron chi connectivity index (χ2n) is 5.62. The molecule has 2 rings (SSSR count). The topological polar surface area (TPSA) is 43.8 Å². The van der Waals surface area contributed by atoms with Crippen LogP contribution >= 0.6 is 0 Å². The molecule has 0 aliphatic carbocycles. The molecule has 1 aromatic rings. The largest absolute Gasteiger partial charge is 0.393 e. The lowest BCUT2D eigenvalue weighted by atomic mass is 10.1. The molecule has 1 heterocycles. The Balaban J connectivity index is 1.89. The Morgan fingerprint density at radius 3 is 2.55 bits per heavy atom. The number of aliphatic hydroxyl groups excluding tert-OH is 1. The number of rotatable bonds is 4. The van der Waals surface area contributed by atoms with Crippen LogP contribution in [0.1, 0.15) is 25.3 Å². The minimum absolute atomic E-state index is 0.115. The summed E-state index contributed by atoms with van der Waals surface area (Å²) in [5.74, 6) is 0.144. The van der Waals surface area contributed by atoms with Gasteiger partial charge in [-0.1, -0.05) is 30.3 Å². The standard InChI is InChI=1S/C16H24N2O2/c1-13(18-10-8-15(19)9-11-18)16(20)17(2)12-14-6-4-3-5-7-14/h3-7,13,15,19H,8-12H2,1-2H3. The van der Waals surface area contributed by atoms with Gasteiger partial charge in [-0.3, -0.25) is 9.69 Å². The first kappa shape index (κ1) is 15.0. The molecule has 1 atom stereocenters. The third-order valence-electron chi connectivity index (χ3n) is 4.04. The van der Waals surface area contributed by atoms with E-state index in [4.69, 9.17) is 0 Å². The average Bonchev–Trinajstić information content (AvgIpc) is 2.47. The molecule has 0 bridgehead atoms. The first-order valence-corrected chi connectivity index (χ1v) is 7.29. The molecule has 1 unspecified atom stereocenters. The van der Waals surface area contributed by atoms with E-state index in [9.17, 15) is 9.90 Å². The smallest absolute Gasteiger partial charge is 0.239 e. The number of nitrogens with zero attached hydrogens (tertiary/aromatic N) is 2. The Kier molecular flexibility index (Phi) is 5.15. The molecular weight excluding hydrogens is 252 g/mol. The fourth-order valence-corrected chi connectivity index (χ4v) is 2.68. The molecule has 0 radical (unpaired) electrons. The minimum atomic E-state index is -0.199. The van der Waals surface area contributed by atoms with Crippen LogP contribution in [0.3, 0.4) is 0 Å². The van der Waals surface area contributed by atoms with Gasteiger partial charge in [0, 0.05) is 26.7 Å². The maximum Gasteiger partial charge on any atom is 0.239 e. The molecule has 20 heavy (non-hydrogen) atoms. The van der Waals surface area contributed by atoms with Crippen LogP contribution in [0.5, 0.6) is 0 Å². The number of hydrogen-bond donors (Lipinski definition) is 1. The Labute approximate surface area is 121 Å². The molecule has 110 valence electrons. The van der Waals surface area contributed by atoms with Gasteiger partial charge in [0.15, 0.2) is 0 Å². The van der Waals surface area contributed by atoms with Gasteiger partial charge in [0.05, 0.1) is 12.1 Å². The van der Waals surface area contributed by atoms with E-state index in [1.54, 1.807) is 4.90 Å². The van der Waals surface area contributed by atoms with Crippen molar-refractivity contribution in [1.82, 2.24) is 9.80 Å². The Morgan fingerprint density at radius 1 is 1.35 bits per heavy atom. The van der Waals surface area contributed by atoms with E-state index in [-0.39, 0.29) is 18.1 Å². The predicted molar refractivity (Wildman–Crippen MR) is 79.2 cm³/mol. The zero-order valence-corrected chi connectivity index (χ0v) is 12.3. The van der Waals surface area contributed by atoms with Gasteiger partial charge in [0.1, 0.15) is 0 Å². The number of amides is 1. The zero-order valence-electron chi connectivity index (χ0n) is 12.3. The highest BCUT2D eigenvalue weighted by Gasteiger charge is 2.27. The molecular formula is C16H24N2O2. The first-order chi connectivity index (χ1) is 9.58. The molecule has 1 fully saturated rings. The highest BCUT2D eigenvalue weighted by Crippen LogP contribution is 2.15. The number of carbonyl (C=O) groups is 1. The van der Waals surface area contributed by atoms with Crippen molar-refractivity contribution < 1.29 is 9.90 Å². The zero-order chi connectivity index (χ0) is 14.5. The summed E-state index contributed by atoms with van der Waals surface area (Å²) in [6.45, 7) is 4.20. The highest BCUT2D eigenvalue weighted by atomic mass is 16.3. The van der Waals surface area contributed by atoms with Crippen molar-refractivity contribution in [2.45, 2.75) is 38.5 Å². The maximum absolute atomic E-state index is 12.4. The van der Waals surface area contributed by atoms with Gasteiger partial charge in [0.25, 0.3) is 0 Å². The molecule has 1 N–H and O–H groups in total. The second-order valence-corrected chi connectivity index (χ2v) is 5.62. The molecule has 4 heteroatoms. The Morgan fingerprint density at radius 2 is 1.95 bits per heavy atom. The molecule has 0 spiro atoms. The van der Waals surface area contributed by atoms with Crippen molar-refractivity contribution in [2.24, 2.45) is 0 Å². The van der Waals surface area contributed by atoms with Gasteiger partial charge in [-0.2, -0.15) is 0 Å². The van der Waals surface area contributed by atoms with Crippen LogP contribution in [0.4, 0.5) is 0 Å². The lowest BCUT2D eigenvalue weighted by Gasteiger charge is -2.35. The third kappa shape index (κ3) is 3.81. The van der Waals surface area contributed by atoms with Gasteiger partial charge in [-0.25, -0.2) is 0 Å². The summed E-state index contributed by atoms with van der Waals surface area (Å²) in [5.41, 5.74) is 1.14. The van der Waals surface area contributed by atoms with Gasteiger partial charge >= 0.3 is 0 Å². The number of likely N-dealkylation sites (tertiary alicyclic amines) is 1. The number of hydrogen-bond acceptors (Lipinski definition) is 3. The van der Waals surface area contributed by atoms with Crippen LogP contribution in [0.2, 0.25) is 0 Å². The van der Waals surface area contributed by atoms with Gasteiger partial charge in [-0.05, 0) is 25.3 Å². The van der Waals surface area contributed by atoms with Crippen molar-refractivity contribution in [3.63, 3.8) is 0 Å². The summed E-state index contributed by atoms with van der Waals surface area (Å²) in [7, 11) is 1.85. The molecule has 1 aliphatic heterocycles. The maximum atomic E-state index is 12.4. The van der Waals surface area contributed by atoms with E-state index in [2.05, 4.69) is 4.90 Å². The molecule has 1 saturated heterocycles. The number of aliphatic hydroxyl groups is 1. The average molecular weight is 276 g/mol. The number of carbonyl (C=O) groups excluding carboxylic acids is 1. The predicted octanol–water partition coefficient (Wildman–Crippen LogP) is 1.49. The van der Waals surface area contributed by atoms with E-state index in [1.165, 1.54) is 0 Å². The fourth-order valence-electron chi connectivity index (χ4n) is 2.68. The lowest BCUT2D eigenvalue weighted by Crippen LogP contribution is -2.49. The summed E-state index contributed by atoms with van der Waals surface area (Å²) in [4.78, 5) is 16.4. The van der Waals surface area contributed by atoms with E-state index < -0.39 is 0 Å². The lowest BCUT2D eigenvalue weighted by molar-refractivity contribution is -0.136. The first-order valence-electron chi connectivity index (χ1n) is 7.29. The summed E-state index contributed by atoms with van der Waals surface area (Å²) >= 11 is 0. The number of piperidine rings is 1. The number of benzene rings is 1. The third-order valence-corrected chi connectivity index (χ3v) is 4.04. The van der Waals surface area contributed by atoms with Crippen molar-refractivity contribution >= 4 is 5.91 Å². The quantitative estimate of drug-likeness (QED) is 0.906. The van der Waals surface area contributed by atoms with Crippen LogP contribution in [-0.4, -0.2) is 53.1 Å². The fraction of sp³-hybridized carbons (Fsp3) is 0.562. The molecule has 1 aromatic carbocycles. The van der Waals surface area contributed by atoms with Crippen LogP contribution in [0, 0.1) is 0 Å². The number of likely N-dealkylation sites (N-methyl/N-ethyl adjacent to an activating group) is 1. The van der Waals surface area contributed by atoms with Crippen molar-refractivity contribution in [1.29, 1.82) is 0 Å². The Hall–Kier alpha value is -1.39. The van der Waals surface area contributed by atoms with Crippen LogP contribution in [0.15, 0.2) is 30.3 Å². The summed E-state index contributed by atoms with van der Waals surface area (Å²) in [6, 6.07) is 9.91. The molecule has 1 amide bonds. The monoisotopic (exact) mass is 276 g/mol. The van der Waals surface area contributed by atoms with Gasteiger partial charge < -0.3 is 10.0 Å². The molecule has 0 saturated carbocycles. The SMILES string of the molecule is CC(C(=O)N(C)Cc1ccccc1)N1CCC(O)CC1. The highest BCUT2D eigenvalue weighted by molar-refractivity contribution is 5.81. The van der Waals surface area contributed by atoms with Gasteiger partial charge in [-0.15, -0.1) is 0 Å². The summed E-state index contributed by atoms with van der Waals surface area (Å²) in [5, 5.41) is 9.53. The summed E-state index contributed by atoms with van der Waals surface area (Å²) in [6.07, 6.45) is 1.33.